The summed E-state index contributed by atoms with van der Waals surface area (Å²) in [6, 6.07) is 2.82. The lowest BCUT2D eigenvalue weighted by atomic mass is 10.2. The Bertz CT molecular complexity index is 468. The van der Waals surface area contributed by atoms with Crippen LogP contribution in [0.2, 0.25) is 10.0 Å². The monoisotopic (exact) mass is 408 g/mol. The molecule has 0 amide bonds. The van der Waals surface area contributed by atoms with Gasteiger partial charge in [0.25, 0.3) is 0 Å². The summed E-state index contributed by atoms with van der Waals surface area (Å²) in [4.78, 5) is 0. The maximum Gasteiger partial charge on any atom is 0.180 e. The lowest BCUT2D eigenvalue weighted by Crippen LogP contribution is -2.24. The van der Waals surface area contributed by atoms with E-state index in [-0.39, 0.29) is 12.0 Å². The minimum Gasteiger partial charge on any atom is -0.508 e. The summed E-state index contributed by atoms with van der Waals surface area (Å²) in [7, 11) is 0. The van der Waals surface area contributed by atoms with Crippen LogP contribution in [0.4, 0.5) is 0 Å². The molecule has 0 atom stereocenters. The van der Waals surface area contributed by atoms with E-state index in [1.165, 1.54) is 12.1 Å². The van der Waals surface area contributed by atoms with Gasteiger partial charge in [-0.25, -0.2) is 0 Å². The third-order valence-corrected chi connectivity index (χ3v) is 3.99. The maximum absolute atomic E-state index is 9.39. The minimum absolute atomic E-state index is 0.0219. The van der Waals surface area contributed by atoms with Gasteiger partial charge in [-0.2, -0.15) is 0 Å². The van der Waals surface area contributed by atoms with Crippen molar-refractivity contribution in [3.8, 4) is 11.5 Å². The molecular weight excluding hydrogens is 379 g/mol. The Kier molecular flexibility index (Phi) is 12.9. The van der Waals surface area contributed by atoms with Gasteiger partial charge >= 0.3 is 0 Å². The first-order valence-corrected chi connectivity index (χ1v) is 9.95. The first-order chi connectivity index (χ1) is 12.6. The van der Waals surface area contributed by atoms with Crippen molar-refractivity contribution >= 4 is 23.2 Å². The molecule has 1 rings (SSSR count). The summed E-state index contributed by atoms with van der Waals surface area (Å²) >= 11 is 12.0. The molecule has 150 valence electrons. The Balaban J connectivity index is 2.11. The summed E-state index contributed by atoms with van der Waals surface area (Å²) in [6.45, 7) is 7.11. The van der Waals surface area contributed by atoms with E-state index >= 15 is 0 Å². The highest BCUT2D eigenvalue weighted by atomic mass is 35.5. The summed E-state index contributed by atoms with van der Waals surface area (Å²) in [5.74, 6) is 0.431. The van der Waals surface area contributed by atoms with Crippen molar-refractivity contribution in [3.63, 3.8) is 0 Å². The van der Waals surface area contributed by atoms with Gasteiger partial charge in [0, 0.05) is 32.0 Å². The fourth-order valence-corrected chi connectivity index (χ4v) is 2.75. The van der Waals surface area contributed by atoms with E-state index in [2.05, 4.69) is 13.8 Å². The summed E-state index contributed by atoms with van der Waals surface area (Å²) in [6.07, 6.45) is 4.39. The van der Waals surface area contributed by atoms with Crippen molar-refractivity contribution in [2.45, 2.75) is 52.2 Å². The number of hydrogen-bond acceptors (Lipinski definition) is 5. The number of phenolic OH excluding ortho intramolecular Hbond substituents is 1. The van der Waals surface area contributed by atoms with Crippen LogP contribution in [0.3, 0.4) is 0 Å². The Morgan fingerprint density at radius 3 is 2.04 bits per heavy atom. The number of ether oxygens (including phenoxy) is 4. The minimum atomic E-state index is -0.281. The third-order valence-electron chi connectivity index (χ3n) is 3.43. The molecule has 0 fully saturated rings. The van der Waals surface area contributed by atoms with Crippen LogP contribution in [0.5, 0.6) is 11.5 Å². The first kappa shape index (κ1) is 23.3. The van der Waals surface area contributed by atoms with Crippen molar-refractivity contribution in [1.82, 2.24) is 0 Å². The molecule has 1 aromatic rings. The van der Waals surface area contributed by atoms with Gasteiger partial charge < -0.3 is 24.1 Å². The molecule has 0 aromatic heterocycles. The van der Waals surface area contributed by atoms with Gasteiger partial charge in [-0.05, 0) is 32.1 Å². The molecule has 5 nitrogen and oxygen atoms in total. The van der Waals surface area contributed by atoms with Crippen LogP contribution in [0.1, 0.15) is 46.0 Å². The molecule has 0 aliphatic rings. The molecule has 0 heterocycles. The zero-order chi connectivity index (χ0) is 19.2. The average Bonchev–Trinajstić information content (AvgIpc) is 2.60. The number of rotatable bonds is 15. The molecule has 0 spiro atoms. The van der Waals surface area contributed by atoms with Crippen LogP contribution in [0, 0.1) is 0 Å². The Morgan fingerprint density at radius 2 is 1.46 bits per heavy atom. The van der Waals surface area contributed by atoms with Gasteiger partial charge in [-0.3, -0.25) is 0 Å². The number of hydrogen-bond donors (Lipinski definition) is 1. The number of halogens is 2. The van der Waals surface area contributed by atoms with Gasteiger partial charge in [0.1, 0.15) is 5.75 Å². The Hall–Kier alpha value is -0.720. The number of phenols is 1. The molecule has 7 heteroatoms. The number of unbranched alkanes of at least 4 members (excludes halogenated alkanes) is 2. The molecule has 0 unspecified atom stereocenters. The van der Waals surface area contributed by atoms with Gasteiger partial charge in [0.2, 0.25) is 0 Å². The van der Waals surface area contributed by atoms with Crippen molar-refractivity contribution in [2.75, 3.05) is 33.0 Å². The van der Waals surface area contributed by atoms with Crippen molar-refractivity contribution < 1.29 is 24.1 Å². The Morgan fingerprint density at radius 1 is 0.885 bits per heavy atom. The summed E-state index contributed by atoms with van der Waals surface area (Å²) < 4.78 is 22.5. The average molecular weight is 409 g/mol. The highest BCUT2D eigenvalue weighted by Crippen LogP contribution is 2.36. The summed E-state index contributed by atoms with van der Waals surface area (Å²) in [5.41, 5.74) is 0. The number of benzene rings is 1. The van der Waals surface area contributed by atoms with Crippen LogP contribution in [-0.2, 0) is 14.2 Å². The SMILES string of the molecule is CCCOC(COCCCCCOc1c(Cl)cc(O)cc1Cl)OCCC. The standard InChI is InChI=1S/C19H30Cl2O5/c1-3-8-24-18(25-9-4-2)14-23-10-6-5-7-11-26-19-16(20)12-15(22)13-17(19)21/h12-13,18,22H,3-11,14H2,1-2H3. The molecule has 0 bridgehead atoms. The van der Waals surface area contributed by atoms with Crippen molar-refractivity contribution in [1.29, 1.82) is 0 Å². The zero-order valence-electron chi connectivity index (χ0n) is 15.6. The van der Waals surface area contributed by atoms with Crippen LogP contribution < -0.4 is 4.74 Å². The summed E-state index contributed by atoms with van der Waals surface area (Å²) in [5, 5.41) is 10.0. The molecule has 1 aromatic carbocycles. The Labute approximate surface area is 166 Å². The lowest BCUT2D eigenvalue weighted by Gasteiger charge is -2.18. The van der Waals surface area contributed by atoms with E-state index in [1.807, 2.05) is 0 Å². The van der Waals surface area contributed by atoms with E-state index in [0.717, 1.165) is 32.1 Å². The quantitative estimate of drug-likeness (QED) is 0.309. The van der Waals surface area contributed by atoms with Gasteiger partial charge in [-0.15, -0.1) is 0 Å². The highest BCUT2D eigenvalue weighted by Gasteiger charge is 2.10. The van der Waals surface area contributed by atoms with Crippen LogP contribution in [0.15, 0.2) is 12.1 Å². The van der Waals surface area contributed by atoms with Crippen LogP contribution >= 0.6 is 23.2 Å². The normalized spacial score (nSPS) is 11.3. The molecule has 0 aliphatic heterocycles. The molecular formula is C19H30Cl2O5. The van der Waals surface area contributed by atoms with Crippen LogP contribution in [0.25, 0.3) is 0 Å². The predicted molar refractivity (Wildman–Crippen MR) is 105 cm³/mol. The molecule has 0 saturated heterocycles. The second-order valence-corrected chi connectivity index (χ2v) is 6.71. The smallest absolute Gasteiger partial charge is 0.180 e. The van der Waals surface area contributed by atoms with E-state index in [4.69, 9.17) is 42.1 Å². The van der Waals surface area contributed by atoms with Gasteiger partial charge in [0.05, 0.1) is 23.3 Å². The molecule has 0 radical (unpaired) electrons. The largest absolute Gasteiger partial charge is 0.508 e. The lowest BCUT2D eigenvalue weighted by molar-refractivity contribution is -0.172. The molecule has 1 N–H and O–H groups in total. The number of aromatic hydroxyl groups is 1. The van der Waals surface area contributed by atoms with E-state index in [9.17, 15) is 5.11 Å². The molecule has 0 aliphatic carbocycles. The van der Waals surface area contributed by atoms with Crippen LogP contribution in [-0.4, -0.2) is 44.4 Å². The predicted octanol–water partition coefficient (Wildman–Crippen LogP) is 5.44. The third kappa shape index (κ3) is 9.83. The van der Waals surface area contributed by atoms with E-state index in [1.54, 1.807) is 0 Å². The van der Waals surface area contributed by atoms with Crippen molar-refractivity contribution in [3.05, 3.63) is 22.2 Å². The maximum atomic E-state index is 9.39. The fraction of sp³-hybridized carbons (Fsp3) is 0.684. The topological polar surface area (TPSA) is 57.2 Å². The van der Waals surface area contributed by atoms with E-state index < -0.39 is 0 Å². The zero-order valence-corrected chi connectivity index (χ0v) is 17.2. The fourth-order valence-electron chi connectivity index (χ4n) is 2.16. The molecule has 0 saturated carbocycles. The second kappa shape index (κ2) is 14.4. The highest BCUT2D eigenvalue weighted by molar-refractivity contribution is 6.37. The molecule has 26 heavy (non-hydrogen) atoms. The first-order valence-electron chi connectivity index (χ1n) is 9.20. The second-order valence-electron chi connectivity index (χ2n) is 5.89. The van der Waals surface area contributed by atoms with Gasteiger partial charge in [0.15, 0.2) is 12.0 Å². The van der Waals surface area contributed by atoms with E-state index in [0.29, 0.717) is 48.8 Å². The van der Waals surface area contributed by atoms with Crippen molar-refractivity contribution in [2.24, 2.45) is 0 Å². The van der Waals surface area contributed by atoms with Gasteiger partial charge in [-0.1, -0.05) is 37.0 Å².